The number of nitriles is 1. The first-order chi connectivity index (χ1) is 9.81. The summed E-state index contributed by atoms with van der Waals surface area (Å²) in [7, 11) is 0. The summed E-state index contributed by atoms with van der Waals surface area (Å²) in [5.41, 5.74) is -1.43. The molecule has 8 heteroatoms. The van der Waals surface area contributed by atoms with Crippen LogP contribution in [0.15, 0.2) is 34.9 Å². The van der Waals surface area contributed by atoms with Crippen molar-refractivity contribution in [3.63, 3.8) is 0 Å². The fourth-order valence-electron chi connectivity index (χ4n) is 1.65. The number of benzene rings is 1. The average molecular weight is 358 g/mol. The van der Waals surface area contributed by atoms with Gasteiger partial charge < -0.3 is 10.3 Å². The van der Waals surface area contributed by atoms with Crippen LogP contribution in [-0.4, -0.2) is 10.9 Å². The van der Waals surface area contributed by atoms with E-state index in [0.717, 1.165) is 12.1 Å². The van der Waals surface area contributed by atoms with Crippen molar-refractivity contribution in [1.29, 1.82) is 5.26 Å². The van der Waals surface area contributed by atoms with E-state index in [1.807, 2.05) is 0 Å². The molecule has 1 aromatic carbocycles. The summed E-state index contributed by atoms with van der Waals surface area (Å²) < 4.78 is 39.1. The number of carbonyl (C=O) groups excluding carboxylic acids is 1. The predicted octanol–water partition coefficient (Wildman–Crippen LogP) is 3.92. The summed E-state index contributed by atoms with van der Waals surface area (Å²) in [6.07, 6.45) is -3.14. The summed E-state index contributed by atoms with van der Waals surface area (Å²) >= 11 is 3.15. The van der Waals surface area contributed by atoms with E-state index in [1.54, 1.807) is 0 Å². The van der Waals surface area contributed by atoms with Crippen LogP contribution in [0.4, 0.5) is 18.9 Å². The van der Waals surface area contributed by atoms with E-state index in [9.17, 15) is 18.0 Å². The van der Waals surface area contributed by atoms with Crippen LogP contribution in [0.5, 0.6) is 0 Å². The van der Waals surface area contributed by atoms with Crippen LogP contribution in [0, 0.1) is 11.3 Å². The number of H-pyrrole nitrogens is 1. The summed E-state index contributed by atoms with van der Waals surface area (Å²) in [6.45, 7) is 0. The molecule has 0 aliphatic heterocycles. The van der Waals surface area contributed by atoms with Crippen LogP contribution >= 0.6 is 15.9 Å². The number of carbonyl (C=O) groups is 1. The molecule has 0 aliphatic rings. The van der Waals surface area contributed by atoms with E-state index in [-0.39, 0.29) is 11.4 Å². The Kier molecular flexibility index (Phi) is 4.04. The van der Waals surface area contributed by atoms with Gasteiger partial charge in [-0.3, -0.25) is 4.79 Å². The minimum atomic E-state index is -4.67. The first-order valence-electron chi connectivity index (χ1n) is 5.58. The molecule has 1 amide bonds. The topological polar surface area (TPSA) is 68.7 Å². The van der Waals surface area contributed by atoms with Gasteiger partial charge in [0, 0.05) is 16.4 Å². The molecule has 0 unspecified atom stereocenters. The zero-order valence-electron chi connectivity index (χ0n) is 10.3. The fourth-order valence-corrected chi connectivity index (χ4v) is 1.99. The average Bonchev–Trinajstić information content (AvgIpc) is 2.84. The molecule has 108 valence electrons. The van der Waals surface area contributed by atoms with Crippen LogP contribution in [0.25, 0.3) is 0 Å². The van der Waals surface area contributed by atoms with E-state index in [2.05, 4.69) is 26.2 Å². The molecule has 0 bridgehead atoms. The van der Waals surface area contributed by atoms with E-state index in [1.165, 1.54) is 24.4 Å². The fraction of sp³-hybridized carbons (Fsp3) is 0.0769. The Bertz CT molecular complexity index is 731. The normalized spacial score (nSPS) is 11.0. The number of hydrogen-bond acceptors (Lipinski definition) is 2. The monoisotopic (exact) mass is 357 g/mol. The molecule has 0 saturated heterocycles. The summed E-state index contributed by atoms with van der Waals surface area (Å²) in [5.74, 6) is -0.585. The van der Waals surface area contributed by atoms with Crippen LogP contribution < -0.4 is 5.32 Å². The van der Waals surface area contributed by atoms with Gasteiger partial charge >= 0.3 is 6.18 Å². The lowest BCUT2D eigenvalue weighted by Gasteiger charge is -2.11. The van der Waals surface area contributed by atoms with Crippen molar-refractivity contribution in [3.05, 3.63) is 51.8 Å². The molecule has 0 atom stereocenters. The number of nitrogens with one attached hydrogen (secondary N) is 2. The van der Waals surface area contributed by atoms with Gasteiger partial charge in [-0.25, -0.2) is 0 Å². The lowest BCUT2D eigenvalue weighted by atomic mass is 10.1. The number of hydrogen-bond donors (Lipinski definition) is 2. The number of aromatic amines is 1. The minimum Gasteiger partial charge on any atom is -0.356 e. The molecule has 0 saturated carbocycles. The molecule has 0 spiro atoms. The minimum absolute atomic E-state index is 0.0444. The molecule has 0 aliphatic carbocycles. The maximum Gasteiger partial charge on any atom is 0.417 e. The van der Waals surface area contributed by atoms with Crippen molar-refractivity contribution in [1.82, 2.24) is 4.98 Å². The number of aromatic nitrogens is 1. The number of halogens is 4. The summed E-state index contributed by atoms with van der Waals surface area (Å²) in [6, 6.07) is 5.95. The highest BCUT2D eigenvalue weighted by Crippen LogP contribution is 2.33. The van der Waals surface area contributed by atoms with Crippen LogP contribution in [-0.2, 0) is 6.18 Å². The second-order valence-electron chi connectivity index (χ2n) is 4.06. The third kappa shape index (κ3) is 3.44. The van der Waals surface area contributed by atoms with Gasteiger partial charge in [0.1, 0.15) is 5.69 Å². The lowest BCUT2D eigenvalue weighted by Crippen LogP contribution is -2.14. The Morgan fingerprint density at radius 1 is 1.33 bits per heavy atom. The Morgan fingerprint density at radius 3 is 2.57 bits per heavy atom. The predicted molar refractivity (Wildman–Crippen MR) is 72.6 cm³/mol. The van der Waals surface area contributed by atoms with Crippen LogP contribution in [0.3, 0.4) is 0 Å². The first kappa shape index (κ1) is 15.1. The van der Waals surface area contributed by atoms with Gasteiger partial charge in [-0.2, -0.15) is 18.4 Å². The molecule has 1 aromatic heterocycles. The lowest BCUT2D eigenvalue weighted by molar-refractivity contribution is -0.137. The maximum absolute atomic E-state index is 12.8. The van der Waals surface area contributed by atoms with Gasteiger partial charge in [0.05, 0.1) is 17.2 Å². The molecular formula is C13H7BrF3N3O. The zero-order valence-corrected chi connectivity index (χ0v) is 11.8. The molecule has 2 N–H and O–H groups in total. The van der Waals surface area contributed by atoms with Crippen molar-refractivity contribution in [2.45, 2.75) is 6.18 Å². The SMILES string of the molecule is N#Cc1ccc(NC(=O)c2cc(Br)c[nH]2)cc1C(F)(F)F. The second kappa shape index (κ2) is 5.61. The highest BCUT2D eigenvalue weighted by Gasteiger charge is 2.34. The second-order valence-corrected chi connectivity index (χ2v) is 4.97. The van der Waals surface area contributed by atoms with E-state index >= 15 is 0 Å². The number of amides is 1. The molecule has 2 rings (SSSR count). The van der Waals surface area contributed by atoms with Gasteiger partial charge in [0.15, 0.2) is 0 Å². The maximum atomic E-state index is 12.8. The third-order valence-electron chi connectivity index (χ3n) is 2.60. The molecule has 0 fully saturated rings. The zero-order chi connectivity index (χ0) is 15.6. The third-order valence-corrected chi connectivity index (χ3v) is 3.05. The number of nitrogens with zero attached hydrogens (tertiary/aromatic N) is 1. The van der Waals surface area contributed by atoms with Crippen molar-refractivity contribution < 1.29 is 18.0 Å². The highest BCUT2D eigenvalue weighted by molar-refractivity contribution is 9.10. The quantitative estimate of drug-likeness (QED) is 0.855. The van der Waals surface area contributed by atoms with Gasteiger partial charge in [-0.1, -0.05) is 0 Å². The first-order valence-corrected chi connectivity index (χ1v) is 6.37. The van der Waals surface area contributed by atoms with Crippen molar-refractivity contribution in [3.8, 4) is 6.07 Å². The van der Waals surface area contributed by atoms with Gasteiger partial charge in [-0.15, -0.1) is 0 Å². The molecular weight excluding hydrogens is 351 g/mol. The Morgan fingerprint density at radius 2 is 2.05 bits per heavy atom. The molecule has 4 nitrogen and oxygen atoms in total. The molecule has 1 heterocycles. The molecule has 21 heavy (non-hydrogen) atoms. The van der Waals surface area contributed by atoms with Gasteiger partial charge in [-0.05, 0) is 40.2 Å². The summed E-state index contributed by atoms with van der Waals surface area (Å²) in [5, 5.41) is 11.0. The van der Waals surface area contributed by atoms with E-state index in [0.29, 0.717) is 4.47 Å². The Hall–Kier alpha value is -2.27. The van der Waals surface area contributed by atoms with Crippen molar-refractivity contribution in [2.24, 2.45) is 0 Å². The highest BCUT2D eigenvalue weighted by atomic mass is 79.9. The molecule has 2 aromatic rings. The number of rotatable bonds is 2. The van der Waals surface area contributed by atoms with Crippen molar-refractivity contribution in [2.75, 3.05) is 5.32 Å². The van der Waals surface area contributed by atoms with Crippen LogP contribution in [0.2, 0.25) is 0 Å². The summed E-state index contributed by atoms with van der Waals surface area (Å²) in [4.78, 5) is 14.5. The van der Waals surface area contributed by atoms with Gasteiger partial charge in [0.2, 0.25) is 0 Å². The van der Waals surface area contributed by atoms with Crippen LogP contribution in [0.1, 0.15) is 21.6 Å². The number of anilines is 1. The van der Waals surface area contributed by atoms with Gasteiger partial charge in [0.25, 0.3) is 5.91 Å². The van der Waals surface area contributed by atoms with E-state index < -0.39 is 23.2 Å². The van der Waals surface area contributed by atoms with E-state index in [4.69, 9.17) is 5.26 Å². The number of alkyl halides is 3. The molecule has 0 radical (unpaired) electrons. The standard InChI is InChI=1S/C13H7BrF3N3O/c14-8-3-11(19-6-8)12(21)20-9-2-1-7(5-18)10(4-9)13(15,16)17/h1-4,6,19H,(H,20,21). The Balaban J connectivity index is 2.30. The van der Waals surface area contributed by atoms with Crippen molar-refractivity contribution >= 4 is 27.5 Å². The Labute approximate surface area is 125 Å². The largest absolute Gasteiger partial charge is 0.417 e. The smallest absolute Gasteiger partial charge is 0.356 e.